The molecule has 3 aromatic rings. The molecule has 1 amide bonds. The number of ether oxygens (including phenoxy) is 1. The monoisotopic (exact) mass is 582 g/mol. The minimum atomic E-state index is -3.86. The number of amides is 1. The number of carbonyl (C=O) groups excluding carboxylic acids is 2. The molecule has 1 saturated heterocycles. The number of β-lactam (4-membered cyclic amide) rings is 1. The highest BCUT2D eigenvalue weighted by Gasteiger charge is 2.61. The molecule has 0 radical (unpaired) electrons. The molecule has 6 nitrogen and oxygen atoms in total. The van der Waals surface area contributed by atoms with Gasteiger partial charge in [0.1, 0.15) is 39.9 Å². The van der Waals surface area contributed by atoms with E-state index in [2.05, 4.69) is 0 Å². The van der Waals surface area contributed by atoms with Crippen LogP contribution in [-0.2, 0) is 24.2 Å². The molecule has 0 bridgehead atoms. The van der Waals surface area contributed by atoms with E-state index in [4.69, 9.17) is 16.3 Å². The van der Waals surface area contributed by atoms with Gasteiger partial charge in [0, 0.05) is 5.57 Å². The Morgan fingerprint density at radius 1 is 0.897 bits per heavy atom. The number of hydrogen-bond donors (Lipinski definition) is 0. The van der Waals surface area contributed by atoms with Crippen LogP contribution in [-0.4, -0.2) is 53.5 Å². The van der Waals surface area contributed by atoms with Crippen molar-refractivity contribution >= 4 is 56.5 Å². The Labute approximate surface area is 234 Å². The van der Waals surface area contributed by atoms with Crippen molar-refractivity contribution < 1.29 is 22.7 Å². The van der Waals surface area contributed by atoms with Gasteiger partial charge in [0.15, 0.2) is 15.2 Å². The highest BCUT2D eigenvalue weighted by molar-refractivity contribution is 7.96. The van der Waals surface area contributed by atoms with Crippen LogP contribution in [0, 0.1) is 0 Å². The number of carbonyl (C=O) groups is 2. The van der Waals surface area contributed by atoms with E-state index >= 15 is 0 Å². The molecule has 39 heavy (non-hydrogen) atoms. The summed E-state index contributed by atoms with van der Waals surface area (Å²) in [4.78, 5) is 27.7. The summed E-state index contributed by atoms with van der Waals surface area (Å²) in [7, 11) is -6.42. The smallest absolute Gasteiger partial charge is 0.355 e. The summed E-state index contributed by atoms with van der Waals surface area (Å²) in [5, 5.41) is 0.580. The number of rotatable bonds is 6. The van der Waals surface area contributed by atoms with Gasteiger partial charge < -0.3 is 4.74 Å². The molecule has 0 aliphatic carbocycles. The number of benzene rings is 3. The minimum absolute atomic E-state index is 0.00109. The average molecular weight is 583 g/mol. The minimum Gasteiger partial charge on any atom is -0.455 e. The fraction of sp³-hybridized carbons (Fsp3) is 0.267. The number of halogens is 1. The Bertz CT molecular complexity index is 1440. The molecule has 202 valence electrons. The largest absolute Gasteiger partial charge is 0.455 e. The first-order valence-corrected chi connectivity index (χ1v) is 16.8. The lowest BCUT2D eigenvalue weighted by molar-refractivity contribution is -0.157. The van der Waals surface area contributed by atoms with E-state index in [1.54, 1.807) is 20.8 Å². The third-order valence-electron chi connectivity index (χ3n) is 6.91. The Morgan fingerprint density at radius 3 is 1.74 bits per heavy atom. The van der Waals surface area contributed by atoms with Gasteiger partial charge in [-0.15, -0.1) is 11.6 Å². The number of esters is 1. The summed E-state index contributed by atoms with van der Waals surface area (Å²) in [5.74, 6) is -1.71. The molecule has 1 fully saturated rings. The number of nitrogens with zero attached hydrogens (tertiary/aromatic N) is 1. The van der Waals surface area contributed by atoms with E-state index in [1.807, 2.05) is 91.0 Å². The first-order chi connectivity index (χ1) is 18.5. The summed E-state index contributed by atoms with van der Waals surface area (Å²) < 4.78 is 32.7. The van der Waals surface area contributed by atoms with E-state index < -0.39 is 45.3 Å². The van der Waals surface area contributed by atoms with Crippen LogP contribution in [0.25, 0.3) is 0 Å². The molecule has 0 spiro atoms. The fourth-order valence-corrected chi connectivity index (χ4v) is 12.4. The Balaban J connectivity index is 1.80. The van der Waals surface area contributed by atoms with Crippen molar-refractivity contribution in [3.05, 3.63) is 102 Å². The van der Waals surface area contributed by atoms with Gasteiger partial charge in [-0.1, -0.05) is 54.6 Å². The van der Waals surface area contributed by atoms with Crippen molar-refractivity contribution in [1.29, 1.82) is 0 Å². The zero-order valence-corrected chi connectivity index (χ0v) is 24.4. The summed E-state index contributed by atoms with van der Waals surface area (Å²) in [6.45, 7) is 5.21. The SMILES string of the molecule is CC(C)(C)OC(=O)C1=C(C[P+](c2ccccc2)(c2ccccc2)c2ccccc2)CS(=O)(=O)[C@@H]2[C@@H](Cl)C(=O)N12. The topological polar surface area (TPSA) is 80.8 Å². The van der Waals surface area contributed by atoms with Crippen LogP contribution < -0.4 is 15.9 Å². The highest BCUT2D eigenvalue weighted by atomic mass is 35.5. The summed E-state index contributed by atoms with van der Waals surface area (Å²) >= 11 is 6.19. The fourth-order valence-electron chi connectivity index (χ4n) is 5.32. The molecule has 2 heterocycles. The van der Waals surface area contributed by atoms with Crippen molar-refractivity contribution in [2.45, 2.75) is 37.1 Å². The molecule has 2 aliphatic heterocycles. The zero-order chi connectivity index (χ0) is 28.0. The first kappa shape index (κ1) is 27.6. The maximum Gasteiger partial charge on any atom is 0.355 e. The molecule has 0 unspecified atom stereocenters. The summed E-state index contributed by atoms with van der Waals surface area (Å²) in [6, 6.07) is 29.9. The standard InChI is InChI=1S/C30H30ClNO5PS/c1-30(2,3)37-29(34)26-21(20-39(35,36)28-25(31)27(33)32(26)28)19-38(22-13-7-4-8-14-22,23-15-9-5-10-16-23)24-17-11-6-12-18-24/h4-18,25,28H,19-20H2,1-3H3/q+1/t25-,28+/m0/s1. The van der Waals surface area contributed by atoms with Gasteiger partial charge >= 0.3 is 5.97 Å². The molecule has 3 aromatic carbocycles. The Kier molecular flexibility index (Phi) is 7.21. The van der Waals surface area contributed by atoms with Crippen molar-refractivity contribution in [2.24, 2.45) is 0 Å². The summed E-state index contributed by atoms with van der Waals surface area (Å²) in [5.41, 5.74) is -0.485. The lowest BCUT2D eigenvalue weighted by atomic mass is 10.1. The third kappa shape index (κ3) is 4.93. The molecular weight excluding hydrogens is 553 g/mol. The number of alkyl halides is 1. The van der Waals surface area contributed by atoms with Gasteiger partial charge in [0.2, 0.25) is 5.91 Å². The van der Waals surface area contributed by atoms with Crippen LogP contribution in [0.1, 0.15) is 20.8 Å². The van der Waals surface area contributed by atoms with E-state index in [1.165, 1.54) is 0 Å². The van der Waals surface area contributed by atoms with Gasteiger partial charge in [0.05, 0.1) is 11.9 Å². The maximum absolute atomic E-state index is 13.7. The van der Waals surface area contributed by atoms with Crippen molar-refractivity contribution in [3.8, 4) is 0 Å². The lowest BCUT2D eigenvalue weighted by Crippen LogP contribution is -2.68. The number of fused-ring (bicyclic) bond motifs is 1. The summed E-state index contributed by atoms with van der Waals surface area (Å²) in [6.07, 6.45) is 0.238. The van der Waals surface area contributed by atoms with Gasteiger partial charge in [-0.2, -0.15) is 0 Å². The second kappa shape index (κ2) is 10.2. The van der Waals surface area contributed by atoms with E-state index in [0.717, 1.165) is 20.8 Å². The molecule has 5 rings (SSSR count). The van der Waals surface area contributed by atoms with Gasteiger partial charge in [0.25, 0.3) is 0 Å². The normalized spacial score (nSPS) is 20.7. The van der Waals surface area contributed by atoms with Gasteiger partial charge in [-0.05, 0) is 57.2 Å². The van der Waals surface area contributed by atoms with E-state index in [9.17, 15) is 18.0 Å². The second-order valence-electron chi connectivity index (χ2n) is 10.7. The molecular formula is C30H30ClNO5PS+. The molecule has 2 aliphatic rings. The maximum atomic E-state index is 13.7. The predicted molar refractivity (Wildman–Crippen MR) is 157 cm³/mol. The molecule has 0 aromatic heterocycles. The van der Waals surface area contributed by atoms with Crippen LogP contribution >= 0.6 is 18.9 Å². The second-order valence-corrected chi connectivity index (χ2v) is 16.8. The van der Waals surface area contributed by atoms with E-state index in [-0.39, 0.29) is 17.6 Å². The van der Waals surface area contributed by atoms with Crippen molar-refractivity contribution in [1.82, 2.24) is 4.90 Å². The van der Waals surface area contributed by atoms with Crippen LogP contribution in [0.3, 0.4) is 0 Å². The Morgan fingerprint density at radius 2 is 1.33 bits per heavy atom. The quantitative estimate of drug-likeness (QED) is 0.191. The van der Waals surface area contributed by atoms with Gasteiger partial charge in [-0.25, -0.2) is 13.2 Å². The zero-order valence-electron chi connectivity index (χ0n) is 22.0. The third-order valence-corrected chi connectivity index (χ3v) is 13.8. The molecule has 0 saturated carbocycles. The van der Waals surface area contributed by atoms with Crippen molar-refractivity contribution in [2.75, 3.05) is 11.9 Å². The van der Waals surface area contributed by atoms with E-state index in [0.29, 0.717) is 5.57 Å². The Hall–Kier alpha value is -2.99. The molecule has 0 N–H and O–H groups in total. The first-order valence-electron chi connectivity index (χ1n) is 12.6. The lowest BCUT2D eigenvalue weighted by Gasteiger charge is -2.47. The highest BCUT2D eigenvalue weighted by Crippen LogP contribution is 2.58. The number of hydrogen-bond acceptors (Lipinski definition) is 5. The average Bonchev–Trinajstić information content (AvgIpc) is 2.91. The predicted octanol–water partition coefficient (Wildman–Crippen LogP) is 3.78. The van der Waals surface area contributed by atoms with Crippen LogP contribution in [0.15, 0.2) is 102 Å². The van der Waals surface area contributed by atoms with Crippen LogP contribution in [0.5, 0.6) is 0 Å². The van der Waals surface area contributed by atoms with Crippen LogP contribution in [0.4, 0.5) is 0 Å². The van der Waals surface area contributed by atoms with Crippen LogP contribution in [0.2, 0.25) is 0 Å². The molecule has 2 atom stereocenters. The van der Waals surface area contributed by atoms with Gasteiger partial charge in [-0.3, -0.25) is 9.69 Å². The van der Waals surface area contributed by atoms with Crippen molar-refractivity contribution in [3.63, 3.8) is 0 Å². The number of sulfone groups is 1. The molecule has 9 heteroatoms.